The minimum Gasteiger partial charge on any atom is -0.478 e. The Balaban J connectivity index is 1.67. The fourth-order valence-electron chi connectivity index (χ4n) is 3.98. The van der Waals surface area contributed by atoms with Crippen molar-refractivity contribution in [3.8, 4) is 5.75 Å². The molecular weight excluding hydrogens is 470 g/mol. The van der Waals surface area contributed by atoms with Gasteiger partial charge < -0.3 is 14.2 Å². The standard InChI is InChI=1S/C27H24ClNO6/c1-4-34-27(32)19-9-12-21(13-10-19)29-23(17-5-7-18(8-6-17)26(31)33-3)24(25(29)30)35-22-14-11-20(28)15-16(22)2/h5-15,23-24H,4H2,1-3H3/t23-,24+/m1/s1. The number of aryl methyl sites for hydroxylation is 1. The summed E-state index contributed by atoms with van der Waals surface area (Å²) in [4.78, 5) is 38.8. The molecule has 1 amide bonds. The van der Waals surface area contributed by atoms with E-state index in [1.54, 1.807) is 78.6 Å². The lowest BCUT2D eigenvalue weighted by atomic mass is 9.89. The van der Waals surface area contributed by atoms with Crippen LogP contribution in [0.4, 0.5) is 5.69 Å². The minimum atomic E-state index is -0.788. The molecule has 8 heteroatoms. The Labute approximate surface area is 208 Å². The van der Waals surface area contributed by atoms with Crippen LogP contribution in [0.25, 0.3) is 0 Å². The number of amides is 1. The second kappa shape index (κ2) is 10.2. The fraction of sp³-hybridized carbons (Fsp3) is 0.222. The molecule has 0 bridgehead atoms. The van der Waals surface area contributed by atoms with Gasteiger partial charge in [-0.25, -0.2) is 9.59 Å². The first-order valence-corrected chi connectivity index (χ1v) is 11.4. The second-order valence-corrected chi connectivity index (χ2v) is 8.42. The zero-order valence-corrected chi connectivity index (χ0v) is 20.2. The van der Waals surface area contributed by atoms with Crippen molar-refractivity contribution in [2.75, 3.05) is 18.6 Å². The molecule has 0 aromatic heterocycles. The lowest BCUT2D eigenvalue weighted by Gasteiger charge is -2.46. The second-order valence-electron chi connectivity index (χ2n) is 7.98. The van der Waals surface area contributed by atoms with Gasteiger partial charge in [0.1, 0.15) is 11.8 Å². The fourth-order valence-corrected chi connectivity index (χ4v) is 4.20. The average molecular weight is 494 g/mol. The Kier molecular flexibility index (Phi) is 7.07. The largest absolute Gasteiger partial charge is 0.478 e. The van der Waals surface area contributed by atoms with Gasteiger partial charge in [-0.05, 0) is 79.6 Å². The first kappa shape index (κ1) is 24.3. The van der Waals surface area contributed by atoms with Crippen LogP contribution in [0.1, 0.15) is 44.8 Å². The molecule has 1 heterocycles. The molecule has 0 spiro atoms. The van der Waals surface area contributed by atoms with Gasteiger partial charge in [0.25, 0.3) is 5.91 Å². The number of hydrogen-bond acceptors (Lipinski definition) is 6. The maximum atomic E-state index is 13.3. The molecule has 0 N–H and O–H groups in total. The monoisotopic (exact) mass is 493 g/mol. The van der Waals surface area contributed by atoms with Gasteiger partial charge in [-0.3, -0.25) is 9.69 Å². The molecule has 1 fully saturated rings. The smallest absolute Gasteiger partial charge is 0.338 e. The van der Waals surface area contributed by atoms with E-state index in [1.807, 2.05) is 6.92 Å². The average Bonchev–Trinajstić information content (AvgIpc) is 2.86. The Hall–Kier alpha value is -3.84. The quantitative estimate of drug-likeness (QED) is 0.334. The molecule has 0 saturated carbocycles. The van der Waals surface area contributed by atoms with Crippen LogP contribution in [0.5, 0.6) is 5.75 Å². The van der Waals surface area contributed by atoms with Crippen LogP contribution in [0.2, 0.25) is 5.02 Å². The number of rotatable bonds is 7. The lowest BCUT2D eigenvalue weighted by molar-refractivity contribution is -0.135. The summed E-state index contributed by atoms with van der Waals surface area (Å²) >= 11 is 6.06. The van der Waals surface area contributed by atoms with Crippen molar-refractivity contribution in [3.63, 3.8) is 0 Å². The van der Waals surface area contributed by atoms with E-state index in [2.05, 4.69) is 0 Å². The molecule has 1 aliphatic heterocycles. The summed E-state index contributed by atoms with van der Waals surface area (Å²) in [6.45, 7) is 3.87. The number of carbonyl (C=O) groups excluding carboxylic acids is 3. The highest BCUT2D eigenvalue weighted by Gasteiger charge is 2.51. The maximum Gasteiger partial charge on any atom is 0.338 e. The lowest BCUT2D eigenvalue weighted by Crippen LogP contribution is -2.61. The van der Waals surface area contributed by atoms with Gasteiger partial charge >= 0.3 is 11.9 Å². The van der Waals surface area contributed by atoms with Crippen LogP contribution in [-0.4, -0.2) is 37.7 Å². The summed E-state index contributed by atoms with van der Waals surface area (Å²) in [5.41, 5.74) is 2.99. The Morgan fingerprint density at radius 2 is 1.57 bits per heavy atom. The number of carbonyl (C=O) groups is 3. The van der Waals surface area contributed by atoms with Gasteiger partial charge in [0.05, 0.1) is 24.8 Å². The molecule has 0 unspecified atom stereocenters. The van der Waals surface area contributed by atoms with E-state index < -0.39 is 24.1 Å². The maximum absolute atomic E-state index is 13.3. The molecule has 35 heavy (non-hydrogen) atoms. The van der Waals surface area contributed by atoms with E-state index in [9.17, 15) is 14.4 Å². The van der Waals surface area contributed by atoms with E-state index in [0.717, 1.165) is 11.1 Å². The highest BCUT2D eigenvalue weighted by molar-refractivity contribution is 6.30. The Bertz CT molecular complexity index is 1260. The van der Waals surface area contributed by atoms with Crippen LogP contribution in [0.3, 0.4) is 0 Å². The molecule has 3 aromatic rings. The van der Waals surface area contributed by atoms with E-state index in [1.165, 1.54) is 7.11 Å². The summed E-state index contributed by atoms with van der Waals surface area (Å²) in [5.74, 6) is -0.549. The molecule has 1 saturated heterocycles. The number of anilines is 1. The summed E-state index contributed by atoms with van der Waals surface area (Å²) < 4.78 is 16.0. The van der Waals surface area contributed by atoms with Gasteiger partial charge in [0, 0.05) is 10.7 Å². The number of nitrogens with zero attached hydrogens (tertiary/aromatic N) is 1. The number of ether oxygens (including phenoxy) is 3. The number of esters is 2. The molecule has 1 aliphatic rings. The van der Waals surface area contributed by atoms with Crippen LogP contribution in [0, 0.1) is 6.92 Å². The topological polar surface area (TPSA) is 82.1 Å². The first-order chi connectivity index (χ1) is 16.8. The molecule has 3 aromatic carbocycles. The molecule has 4 rings (SSSR count). The van der Waals surface area contributed by atoms with E-state index in [4.69, 9.17) is 25.8 Å². The van der Waals surface area contributed by atoms with Crippen molar-refractivity contribution in [3.05, 3.63) is 94.0 Å². The third-order valence-electron chi connectivity index (χ3n) is 5.77. The SMILES string of the molecule is CCOC(=O)c1ccc(N2C(=O)[C@@H](Oc3ccc(Cl)cc3C)[C@H]2c2ccc(C(=O)OC)cc2)cc1. The number of hydrogen-bond donors (Lipinski definition) is 0. The van der Waals surface area contributed by atoms with Gasteiger partial charge in [-0.1, -0.05) is 23.7 Å². The molecule has 0 radical (unpaired) electrons. The van der Waals surface area contributed by atoms with Crippen molar-refractivity contribution in [2.24, 2.45) is 0 Å². The summed E-state index contributed by atoms with van der Waals surface area (Å²) in [7, 11) is 1.32. The van der Waals surface area contributed by atoms with Crippen LogP contribution >= 0.6 is 11.6 Å². The summed E-state index contributed by atoms with van der Waals surface area (Å²) in [6.07, 6.45) is -0.788. The van der Waals surface area contributed by atoms with E-state index in [0.29, 0.717) is 27.6 Å². The third kappa shape index (κ3) is 4.86. The molecule has 7 nitrogen and oxygen atoms in total. The predicted octanol–water partition coefficient (Wildman–Crippen LogP) is 5.15. The Morgan fingerprint density at radius 3 is 2.17 bits per heavy atom. The van der Waals surface area contributed by atoms with E-state index in [-0.39, 0.29) is 12.5 Å². The molecule has 180 valence electrons. The zero-order valence-electron chi connectivity index (χ0n) is 19.5. The summed E-state index contributed by atoms with van der Waals surface area (Å²) in [5, 5.41) is 0.577. The van der Waals surface area contributed by atoms with E-state index >= 15 is 0 Å². The number of methoxy groups -OCH3 is 1. The number of halogens is 1. The Morgan fingerprint density at radius 1 is 0.943 bits per heavy atom. The zero-order chi connectivity index (χ0) is 25.1. The van der Waals surface area contributed by atoms with Gasteiger partial charge in [0.15, 0.2) is 0 Å². The molecule has 2 atom stereocenters. The van der Waals surface area contributed by atoms with Crippen molar-refractivity contribution >= 4 is 35.1 Å². The normalized spacial score (nSPS) is 16.9. The number of benzene rings is 3. The van der Waals surface area contributed by atoms with Crippen molar-refractivity contribution < 1.29 is 28.6 Å². The van der Waals surface area contributed by atoms with Gasteiger partial charge in [-0.2, -0.15) is 0 Å². The number of β-lactam (4-membered cyclic amide) rings is 1. The van der Waals surface area contributed by atoms with Crippen molar-refractivity contribution in [1.82, 2.24) is 0 Å². The van der Waals surface area contributed by atoms with Gasteiger partial charge in [-0.15, -0.1) is 0 Å². The highest BCUT2D eigenvalue weighted by Crippen LogP contribution is 2.42. The third-order valence-corrected chi connectivity index (χ3v) is 6.00. The minimum absolute atomic E-state index is 0.231. The predicted molar refractivity (Wildman–Crippen MR) is 131 cm³/mol. The van der Waals surface area contributed by atoms with Crippen molar-refractivity contribution in [1.29, 1.82) is 0 Å². The van der Waals surface area contributed by atoms with Crippen molar-refractivity contribution in [2.45, 2.75) is 26.0 Å². The van der Waals surface area contributed by atoms with Crippen LogP contribution in [0.15, 0.2) is 66.7 Å². The highest BCUT2D eigenvalue weighted by atomic mass is 35.5. The van der Waals surface area contributed by atoms with Gasteiger partial charge in [0.2, 0.25) is 6.10 Å². The summed E-state index contributed by atoms with van der Waals surface area (Å²) in [6, 6.07) is 18.2. The molecular formula is C27H24ClNO6. The molecule has 0 aliphatic carbocycles. The van der Waals surface area contributed by atoms with Crippen LogP contribution < -0.4 is 9.64 Å². The van der Waals surface area contributed by atoms with Crippen LogP contribution in [-0.2, 0) is 14.3 Å². The first-order valence-electron chi connectivity index (χ1n) is 11.1.